The van der Waals surface area contributed by atoms with Gasteiger partial charge in [-0.3, -0.25) is 4.79 Å². The number of rotatable bonds is 9. The molecular formula is C17H24N4OS2. The molecule has 0 saturated carbocycles. The van der Waals surface area contributed by atoms with E-state index in [1.807, 2.05) is 25.1 Å². The van der Waals surface area contributed by atoms with Crippen molar-refractivity contribution in [2.75, 3.05) is 17.6 Å². The lowest BCUT2D eigenvalue weighted by Gasteiger charge is -2.21. The number of hydrogen-bond acceptors (Lipinski definition) is 6. The van der Waals surface area contributed by atoms with Crippen molar-refractivity contribution in [1.29, 1.82) is 0 Å². The number of benzene rings is 1. The topological polar surface area (TPSA) is 66.9 Å². The van der Waals surface area contributed by atoms with E-state index in [9.17, 15) is 4.79 Å². The van der Waals surface area contributed by atoms with Crippen LogP contribution in [-0.2, 0) is 4.79 Å². The van der Waals surface area contributed by atoms with Gasteiger partial charge in [-0.15, -0.1) is 10.2 Å². The van der Waals surface area contributed by atoms with Gasteiger partial charge in [0, 0.05) is 6.54 Å². The second-order valence-electron chi connectivity index (χ2n) is 5.85. The largest absolute Gasteiger partial charge is 0.360 e. The molecule has 0 saturated heterocycles. The number of amides is 1. The number of thioether (sulfide) groups is 1. The predicted octanol–water partition coefficient (Wildman–Crippen LogP) is 3.97. The Hall–Kier alpha value is -1.60. The minimum absolute atomic E-state index is 0.0229. The average molecular weight is 365 g/mol. The first kappa shape index (κ1) is 18.7. The molecule has 5 nitrogen and oxygen atoms in total. The maximum absolute atomic E-state index is 12.3. The van der Waals surface area contributed by atoms with Gasteiger partial charge in [-0.05, 0) is 24.8 Å². The van der Waals surface area contributed by atoms with Gasteiger partial charge in [0.25, 0.3) is 0 Å². The average Bonchev–Trinajstić information content (AvgIpc) is 3.01. The highest BCUT2D eigenvalue weighted by Gasteiger charge is 2.16. The molecule has 2 rings (SSSR count). The summed E-state index contributed by atoms with van der Waals surface area (Å²) in [6.07, 6.45) is 0.920. The maximum atomic E-state index is 12.3. The highest BCUT2D eigenvalue weighted by atomic mass is 32.2. The van der Waals surface area contributed by atoms with Gasteiger partial charge in [-0.2, -0.15) is 0 Å². The molecular weight excluding hydrogens is 340 g/mol. The van der Waals surface area contributed by atoms with Crippen molar-refractivity contribution in [3.63, 3.8) is 0 Å². The third-order valence-corrected chi connectivity index (χ3v) is 5.32. The van der Waals surface area contributed by atoms with Gasteiger partial charge >= 0.3 is 0 Å². The van der Waals surface area contributed by atoms with Gasteiger partial charge in [0.15, 0.2) is 4.34 Å². The van der Waals surface area contributed by atoms with Crippen LogP contribution in [0, 0.1) is 5.92 Å². The fourth-order valence-corrected chi connectivity index (χ4v) is 3.92. The zero-order chi connectivity index (χ0) is 17.4. The minimum Gasteiger partial charge on any atom is -0.360 e. The molecule has 130 valence electrons. The van der Waals surface area contributed by atoms with Crippen LogP contribution in [0.15, 0.2) is 34.7 Å². The Bertz CT molecular complexity index is 631. The molecule has 0 aliphatic rings. The summed E-state index contributed by atoms with van der Waals surface area (Å²) in [5.74, 6) is 0.881. The van der Waals surface area contributed by atoms with E-state index in [-0.39, 0.29) is 11.9 Å². The van der Waals surface area contributed by atoms with E-state index >= 15 is 0 Å². The van der Waals surface area contributed by atoms with Gasteiger partial charge < -0.3 is 10.6 Å². The number of carbonyl (C=O) groups is 1. The molecule has 2 N–H and O–H groups in total. The molecule has 0 unspecified atom stereocenters. The lowest BCUT2D eigenvalue weighted by atomic mass is 9.97. The minimum atomic E-state index is 0.0229. The summed E-state index contributed by atoms with van der Waals surface area (Å²) >= 11 is 2.90. The van der Waals surface area contributed by atoms with Crippen LogP contribution >= 0.6 is 23.1 Å². The van der Waals surface area contributed by atoms with Crippen LogP contribution in [0.2, 0.25) is 0 Å². The van der Waals surface area contributed by atoms with Crippen LogP contribution in [0.5, 0.6) is 0 Å². The molecule has 0 radical (unpaired) electrons. The second-order valence-corrected chi connectivity index (χ2v) is 8.05. The quantitative estimate of drug-likeness (QED) is 0.659. The fourth-order valence-electron chi connectivity index (χ4n) is 2.29. The van der Waals surface area contributed by atoms with E-state index in [0.717, 1.165) is 28.0 Å². The molecule has 2 aromatic rings. The standard InChI is InChI=1S/C17H24N4OS2/c1-4-18-16-20-21-17(24-16)23-11-15(22)19-14(10-12(2)3)13-8-6-5-7-9-13/h5-9,12,14H,4,10-11H2,1-3H3,(H,18,20)(H,19,22)/t14-/m1/s1. The molecule has 0 aliphatic heterocycles. The monoisotopic (exact) mass is 364 g/mol. The molecule has 1 aromatic heterocycles. The fraction of sp³-hybridized carbons (Fsp3) is 0.471. The van der Waals surface area contributed by atoms with Crippen LogP contribution < -0.4 is 10.6 Å². The zero-order valence-electron chi connectivity index (χ0n) is 14.3. The Balaban J connectivity index is 1.90. The number of aromatic nitrogens is 2. The zero-order valence-corrected chi connectivity index (χ0v) is 15.9. The molecule has 1 atom stereocenters. The van der Waals surface area contributed by atoms with Crippen molar-refractivity contribution in [2.24, 2.45) is 5.92 Å². The predicted molar refractivity (Wildman–Crippen MR) is 102 cm³/mol. The van der Waals surface area contributed by atoms with E-state index in [1.54, 1.807) is 0 Å². The first-order valence-corrected chi connectivity index (χ1v) is 9.93. The van der Waals surface area contributed by atoms with Gasteiger partial charge in [0.1, 0.15) is 0 Å². The van der Waals surface area contributed by atoms with Gasteiger partial charge in [-0.1, -0.05) is 67.3 Å². The molecule has 0 spiro atoms. The van der Waals surface area contributed by atoms with Gasteiger partial charge in [0.05, 0.1) is 11.8 Å². The van der Waals surface area contributed by atoms with Crippen molar-refractivity contribution in [1.82, 2.24) is 15.5 Å². The summed E-state index contributed by atoms with van der Waals surface area (Å²) in [4.78, 5) is 12.3. The number of carbonyl (C=O) groups excluding carboxylic acids is 1. The molecule has 0 fully saturated rings. The van der Waals surface area contributed by atoms with Crippen molar-refractivity contribution in [3.05, 3.63) is 35.9 Å². The van der Waals surface area contributed by atoms with Crippen molar-refractivity contribution < 1.29 is 4.79 Å². The first-order valence-electron chi connectivity index (χ1n) is 8.13. The van der Waals surface area contributed by atoms with Crippen LogP contribution in [0.1, 0.15) is 38.8 Å². The molecule has 1 heterocycles. The van der Waals surface area contributed by atoms with Crippen LogP contribution in [-0.4, -0.2) is 28.4 Å². The lowest BCUT2D eigenvalue weighted by molar-refractivity contribution is -0.119. The Morgan fingerprint density at radius 2 is 2.00 bits per heavy atom. The smallest absolute Gasteiger partial charge is 0.230 e. The number of nitrogens with one attached hydrogen (secondary N) is 2. The normalized spacial score (nSPS) is 12.2. The molecule has 0 aliphatic carbocycles. The van der Waals surface area contributed by atoms with Crippen LogP contribution in [0.3, 0.4) is 0 Å². The molecule has 1 amide bonds. The maximum Gasteiger partial charge on any atom is 0.230 e. The third-order valence-electron chi connectivity index (χ3n) is 3.31. The Morgan fingerprint density at radius 1 is 1.25 bits per heavy atom. The number of anilines is 1. The SMILES string of the molecule is CCNc1nnc(SCC(=O)N[C@H](CC(C)C)c2ccccc2)s1. The van der Waals surface area contributed by atoms with Crippen molar-refractivity contribution in [2.45, 2.75) is 37.6 Å². The highest BCUT2D eigenvalue weighted by molar-refractivity contribution is 8.01. The molecule has 1 aromatic carbocycles. The van der Waals surface area contributed by atoms with E-state index in [1.165, 1.54) is 23.1 Å². The summed E-state index contributed by atoms with van der Waals surface area (Å²) in [5.41, 5.74) is 1.15. The van der Waals surface area contributed by atoms with E-state index in [4.69, 9.17) is 0 Å². The first-order chi connectivity index (χ1) is 11.6. The summed E-state index contributed by atoms with van der Waals surface area (Å²) in [6.45, 7) is 7.16. The summed E-state index contributed by atoms with van der Waals surface area (Å²) in [7, 11) is 0. The Labute approximate surface area is 151 Å². The van der Waals surface area contributed by atoms with E-state index in [2.05, 4.69) is 46.8 Å². The summed E-state index contributed by atoms with van der Waals surface area (Å²) in [5, 5.41) is 15.2. The number of hydrogen-bond donors (Lipinski definition) is 2. The third kappa shape index (κ3) is 6.13. The molecule has 24 heavy (non-hydrogen) atoms. The summed E-state index contributed by atoms with van der Waals surface area (Å²) < 4.78 is 0.807. The Kier molecular flexibility index (Phi) is 7.52. The molecule has 0 bridgehead atoms. The molecule has 7 heteroatoms. The van der Waals surface area contributed by atoms with Crippen molar-refractivity contribution in [3.8, 4) is 0 Å². The van der Waals surface area contributed by atoms with E-state index < -0.39 is 0 Å². The van der Waals surface area contributed by atoms with Crippen LogP contribution in [0.4, 0.5) is 5.13 Å². The van der Waals surface area contributed by atoms with Gasteiger partial charge in [0.2, 0.25) is 11.0 Å². The second kappa shape index (κ2) is 9.64. The Morgan fingerprint density at radius 3 is 2.67 bits per heavy atom. The van der Waals surface area contributed by atoms with E-state index in [0.29, 0.717) is 11.7 Å². The van der Waals surface area contributed by atoms with Crippen molar-refractivity contribution >= 4 is 34.1 Å². The summed E-state index contributed by atoms with van der Waals surface area (Å²) in [6, 6.07) is 10.2. The van der Waals surface area contributed by atoms with Crippen LogP contribution in [0.25, 0.3) is 0 Å². The van der Waals surface area contributed by atoms with Gasteiger partial charge in [-0.25, -0.2) is 0 Å². The number of nitrogens with zero attached hydrogens (tertiary/aromatic N) is 2. The lowest BCUT2D eigenvalue weighted by Crippen LogP contribution is -2.30. The highest BCUT2D eigenvalue weighted by Crippen LogP contribution is 2.26.